The number of carbonyl (C=O) groups is 2. The van der Waals surface area contributed by atoms with Crippen LogP contribution in [0.4, 0.5) is 10.5 Å². The number of nitrogens with one attached hydrogen (secondary N) is 1. The molecule has 100 valence electrons. The van der Waals surface area contributed by atoms with Crippen LogP contribution < -0.4 is 10.2 Å². The molecule has 1 fully saturated rings. The number of carboxylic acid groups (broad SMARTS) is 1. The molecule has 2 N–H and O–H groups in total. The van der Waals surface area contributed by atoms with Crippen molar-refractivity contribution in [1.82, 2.24) is 10.2 Å². The maximum atomic E-state index is 12.0. The average molecular weight is 282 g/mol. The number of anilines is 1. The summed E-state index contributed by atoms with van der Waals surface area (Å²) < 4.78 is 0. The molecule has 2 aliphatic heterocycles. The van der Waals surface area contributed by atoms with Crippen LogP contribution >= 0.6 is 11.6 Å². The first-order chi connectivity index (χ1) is 9.08. The average Bonchev–Trinajstić information content (AvgIpc) is 2.38. The lowest BCUT2D eigenvalue weighted by atomic mass is 10.1. The first kappa shape index (κ1) is 12.1. The molecular weight excluding hydrogens is 270 g/mol. The zero-order valence-corrected chi connectivity index (χ0v) is 10.7. The lowest BCUT2D eigenvalue weighted by molar-refractivity contribution is 0.0882. The van der Waals surface area contributed by atoms with E-state index in [4.69, 9.17) is 16.7 Å². The molecule has 0 aromatic heterocycles. The molecule has 7 heteroatoms. The predicted octanol–water partition coefficient (Wildman–Crippen LogP) is 1.21. The number of hydrogen-bond donors (Lipinski definition) is 2. The molecule has 1 unspecified atom stereocenters. The number of benzene rings is 1. The van der Waals surface area contributed by atoms with E-state index in [2.05, 4.69) is 5.32 Å². The number of amides is 2. The summed E-state index contributed by atoms with van der Waals surface area (Å²) in [6, 6.07) is 5.30. The number of rotatable bonds is 0. The molecule has 2 amide bonds. The van der Waals surface area contributed by atoms with Crippen LogP contribution in [0.25, 0.3) is 0 Å². The Morgan fingerprint density at radius 2 is 2.21 bits per heavy atom. The summed E-state index contributed by atoms with van der Waals surface area (Å²) >= 11 is 6.06. The Bertz CT molecular complexity index is 563. The fraction of sp³-hybridized carbons (Fsp3) is 0.333. The molecule has 2 aliphatic rings. The molecule has 0 aliphatic carbocycles. The second-order valence-electron chi connectivity index (χ2n) is 4.55. The fourth-order valence-corrected chi connectivity index (χ4v) is 2.82. The van der Waals surface area contributed by atoms with E-state index in [9.17, 15) is 9.59 Å². The molecule has 0 bridgehead atoms. The number of nitrogens with zero attached hydrogens (tertiary/aromatic N) is 2. The Hall–Kier alpha value is -1.95. The zero-order valence-electron chi connectivity index (χ0n) is 9.97. The van der Waals surface area contributed by atoms with Gasteiger partial charge in [-0.05, 0) is 12.1 Å². The summed E-state index contributed by atoms with van der Waals surface area (Å²) in [6.07, 6.45) is -1.30. The van der Waals surface area contributed by atoms with Crippen LogP contribution in [0.5, 0.6) is 0 Å². The highest BCUT2D eigenvalue weighted by Crippen LogP contribution is 2.32. The van der Waals surface area contributed by atoms with E-state index < -0.39 is 6.09 Å². The van der Waals surface area contributed by atoms with E-state index in [0.29, 0.717) is 23.7 Å². The topological polar surface area (TPSA) is 72.9 Å². The number of piperazine rings is 1. The van der Waals surface area contributed by atoms with Crippen LogP contribution in [-0.4, -0.2) is 47.8 Å². The van der Waals surface area contributed by atoms with Crippen molar-refractivity contribution in [3.05, 3.63) is 28.8 Å². The van der Waals surface area contributed by atoms with Crippen LogP contribution in [0.15, 0.2) is 18.2 Å². The molecule has 1 atom stereocenters. The minimum atomic E-state index is -0.967. The SMILES string of the molecule is O=C1NC2CN(C(=O)O)CCN2c2cccc(Cl)c21. The van der Waals surface area contributed by atoms with Crippen molar-refractivity contribution in [2.45, 2.75) is 6.17 Å². The van der Waals surface area contributed by atoms with Crippen LogP contribution in [0.3, 0.4) is 0 Å². The molecular formula is C12H12ClN3O3. The van der Waals surface area contributed by atoms with Gasteiger partial charge in [-0.25, -0.2) is 4.79 Å². The van der Waals surface area contributed by atoms with Crippen LogP contribution in [0.2, 0.25) is 5.02 Å². The quantitative estimate of drug-likeness (QED) is 0.750. The largest absolute Gasteiger partial charge is 0.465 e. The smallest absolute Gasteiger partial charge is 0.407 e. The number of hydrogen-bond acceptors (Lipinski definition) is 3. The van der Waals surface area contributed by atoms with Gasteiger partial charge in [-0.2, -0.15) is 0 Å². The van der Waals surface area contributed by atoms with Crippen molar-refractivity contribution in [1.29, 1.82) is 0 Å². The predicted molar refractivity (Wildman–Crippen MR) is 69.7 cm³/mol. The molecule has 2 heterocycles. The second-order valence-corrected chi connectivity index (χ2v) is 4.95. The Morgan fingerprint density at radius 1 is 1.42 bits per heavy atom. The summed E-state index contributed by atoms with van der Waals surface area (Å²) in [7, 11) is 0. The lowest BCUT2D eigenvalue weighted by Gasteiger charge is -2.45. The first-order valence-corrected chi connectivity index (χ1v) is 6.29. The van der Waals surface area contributed by atoms with Crippen molar-refractivity contribution in [3.63, 3.8) is 0 Å². The Morgan fingerprint density at radius 3 is 2.95 bits per heavy atom. The van der Waals surface area contributed by atoms with E-state index in [0.717, 1.165) is 5.69 Å². The number of halogens is 1. The van der Waals surface area contributed by atoms with E-state index in [-0.39, 0.29) is 18.6 Å². The highest BCUT2D eigenvalue weighted by atomic mass is 35.5. The van der Waals surface area contributed by atoms with Gasteiger partial charge in [0.15, 0.2) is 0 Å². The summed E-state index contributed by atoms with van der Waals surface area (Å²) in [5.74, 6) is -0.255. The molecule has 1 aromatic rings. The van der Waals surface area contributed by atoms with Gasteiger partial charge in [0.1, 0.15) is 6.17 Å². The minimum absolute atomic E-state index is 0.255. The van der Waals surface area contributed by atoms with Crippen LogP contribution in [-0.2, 0) is 0 Å². The lowest BCUT2D eigenvalue weighted by Crippen LogP contribution is -2.63. The van der Waals surface area contributed by atoms with Gasteiger partial charge in [0.2, 0.25) is 0 Å². The van der Waals surface area contributed by atoms with Gasteiger partial charge < -0.3 is 20.2 Å². The molecule has 0 spiro atoms. The molecule has 3 rings (SSSR count). The van der Waals surface area contributed by atoms with E-state index in [1.54, 1.807) is 12.1 Å². The Kier molecular flexibility index (Phi) is 2.74. The Balaban J connectivity index is 1.97. The van der Waals surface area contributed by atoms with E-state index >= 15 is 0 Å². The molecule has 0 radical (unpaired) electrons. The summed E-state index contributed by atoms with van der Waals surface area (Å²) in [5.41, 5.74) is 1.23. The normalized spacial score (nSPS) is 21.5. The highest BCUT2D eigenvalue weighted by Gasteiger charge is 2.37. The van der Waals surface area contributed by atoms with Crippen molar-refractivity contribution in [2.24, 2.45) is 0 Å². The van der Waals surface area contributed by atoms with Crippen LogP contribution in [0, 0.1) is 0 Å². The van der Waals surface area contributed by atoms with Gasteiger partial charge in [0, 0.05) is 13.1 Å². The van der Waals surface area contributed by atoms with Crippen molar-refractivity contribution in [2.75, 3.05) is 24.5 Å². The first-order valence-electron chi connectivity index (χ1n) is 5.92. The third kappa shape index (κ3) is 1.88. The fourth-order valence-electron chi connectivity index (χ4n) is 2.57. The van der Waals surface area contributed by atoms with Crippen LogP contribution in [0.1, 0.15) is 10.4 Å². The molecule has 1 aromatic carbocycles. The second kappa shape index (κ2) is 4.31. The maximum Gasteiger partial charge on any atom is 0.407 e. The molecule has 0 saturated carbocycles. The third-order valence-electron chi connectivity index (χ3n) is 3.48. The molecule has 19 heavy (non-hydrogen) atoms. The van der Waals surface area contributed by atoms with E-state index in [1.807, 2.05) is 11.0 Å². The number of fused-ring (bicyclic) bond motifs is 3. The van der Waals surface area contributed by atoms with Crippen molar-refractivity contribution < 1.29 is 14.7 Å². The van der Waals surface area contributed by atoms with Gasteiger partial charge in [-0.1, -0.05) is 17.7 Å². The molecule has 1 saturated heterocycles. The van der Waals surface area contributed by atoms with Crippen molar-refractivity contribution in [3.8, 4) is 0 Å². The van der Waals surface area contributed by atoms with Gasteiger partial charge in [-0.15, -0.1) is 0 Å². The zero-order chi connectivity index (χ0) is 13.6. The van der Waals surface area contributed by atoms with Gasteiger partial charge >= 0.3 is 6.09 Å². The third-order valence-corrected chi connectivity index (χ3v) is 3.79. The van der Waals surface area contributed by atoms with E-state index in [1.165, 1.54) is 4.90 Å². The summed E-state index contributed by atoms with van der Waals surface area (Å²) in [6.45, 7) is 1.20. The molecule has 6 nitrogen and oxygen atoms in total. The highest BCUT2D eigenvalue weighted by molar-refractivity contribution is 6.34. The maximum absolute atomic E-state index is 12.0. The summed E-state index contributed by atoms with van der Waals surface area (Å²) in [5, 5.41) is 12.2. The van der Waals surface area contributed by atoms with Gasteiger partial charge in [0.05, 0.1) is 22.8 Å². The van der Waals surface area contributed by atoms with Gasteiger partial charge in [0.25, 0.3) is 5.91 Å². The monoisotopic (exact) mass is 281 g/mol. The summed E-state index contributed by atoms with van der Waals surface area (Å²) in [4.78, 5) is 26.3. The standard InChI is InChI=1S/C12H12ClN3O3/c13-7-2-1-3-8-10(7)11(17)14-9-6-15(12(18)19)4-5-16(8)9/h1-3,9H,4-6H2,(H,14,17)(H,18,19). The number of carbonyl (C=O) groups excluding carboxylic acids is 1. The Labute approximate surface area is 114 Å². The van der Waals surface area contributed by atoms with Crippen molar-refractivity contribution >= 4 is 29.3 Å². The van der Waals surface area contributed by atoms with Gasteiger partial charge in [-0.3, -0.25) is 4.79 Å². The minimum Gasteiger partial charge on any atom is -0.465 e.